The lowest BCUT2D eigenvalue weighted by Gasteiger charge is -2.37. The third-order valence-electron chi connectivity index (χ3n) is 2.05. The van der Waals surface area contributed by atoms with Crippen molar-refractivity contribution in [3.8, 4) is 0 Å². The Labute approximate surface area is 79.5 Å². The number of hydrogen-bond acceptors (Lipinski definition) is 6. The molecule has 0 radical (unpaired) electrons. The number of aliphatic carboxylic acids is 1. The molecule has 0 aromatic heterocycles. The van der Waals surface area contributed by atoms with Crippen molar-refractivity contribution < 1.29 is 34.7 Å². The number of carboxylic acids is 1. The Hall–Kier alpha value is -0.730. The molecule has 0 bridgehead atoms. The standard InChI is InChI=1S/C7H12O7/c1-13-7-4(10)2(8)3(9)5(14-7)6(11)12/h2-5,7-10H,1H3,(H,11,12)/t2?,3-,4-,5-,7+/m0/s1. The zero-order valence-electron chi connectivity index (χ0n) is 7.40. The van der Waals surface area contributed by atoms with Crippen molar-refractivity contribution in [1.82, 2.24) is 0 Å². The van der Waals surface area contributed by atoms with Gasteiger partial charge in [-0.1, -0.05) is 0 Å². The monoisotopic (exact) mass is 208 g/mol. The summed E-state index contributed by atoms with van der Waals surface area (Å²) in [6.07, 6.45) is -7.60. The molecule has 1 aliphatic rings. The fraction of sp³-hybridized carbons (Fsp3) is 0.857. The molecule has 7 nitrogen and oxygen atoms in total. The van der Waals surface area contributed by atoms with Crippen molar-refractivity contribution in [1.29, 1.82) is 0 Å². The molecule has 1 unspecified atom stereocenters. The average Bonchev–Trinajstić information content (AvgIpc) is 2.14. The largest absolute Gasteiger partial charge is 0.479 e. The maximum atomic E-state index is 10.5. The van der Waals surface area contributed by atoms with Gasteiger partial charge >= 0.3 is 5.97 Å². The number of aliphatic hydroxyl groups is 3. The molecule has 5 atom stereocenters. The second-order valence-corrected chi connectivity index (χ2v) is 2.97. The van der Waals surface area contributed by atoms with Crippen LogP contribution in [0.25, 0.3) is 0 Å². The summed E-state index contributed by atoms with van der Waals surface area (Å²) in [5, 5.41) is 36.3. The van der Waals surface area contributed by atoms with Gasteiger partial charge in [0.1, 0.15) is 18.3 Å². The van der Waals surface area contributed by atoms with E-state index in [2.05, 4.69) is 4.74 Å². The first-order valence-corrected chi connectivity index (χ1v) is 3.94. The van der Waals surface area contributed by atoms with E-state index in [-0.39, 0.29) is 0 Å². The van der Waals surface area contributed by atoms with Crippen LogP contribution in [0.4, 0.5) is 0 Å². The minimum Gasteiger partial charge on any atom is -0.479 e. The summed E-state index contributed by atoms with van der Waals surface area (Å²) < 4.78 is 9.31. The molecule has 0 aromatic rings. The van der Waals surface area contributed by atoms with E-state index in [1.807, 2.05) is 0 Å². The highest BCUT2D eigenvalue weighted by molar-refractivity contribution is 5.73. The number of hydrogen-bond donors (Lipinski definition) is 4. The van der Waals surface area contributed by atoms with Gasteiger partial charge in [0.2, 0.25) is 0 Å². The molecule has 0 saturated carbocycles. The zero-order valence-corrected chi connectivity index (χ0v) is 7.40. The minimum absolute atomic E-state index is 1.19. The van der Waals surface area contributed by atoms with Gasteiger partial charge in [-0.3, -0.25) is 0 Å². The van der Waals surface area contributed by atoms with E-state index in [0.29, 0.717) is 0 Å². The van der Waals surface area contributed by atoms with Crippen LogP contribution in [-0.2, 0) is 14.3 Å². The Kier molecular flexibility index (Phi) is 3.40. The highest BCUT2D eigenvalue weighted by Crippen LogP contribution is 2.21. The SMILES string of the molecule is CO[C@@H]1O[C@H](C(=O)O)[C@@H](O)C(O)[C@@H]1O. The highest BCUT2D eigenvalue weighted by atomic mass is 16.7. The second-order valence-electron chi connectivity index (χ2n) is 2.97. The molecule has 14 heavy (non-hydrogen) atoms. The van der Waals surface area contributed by atoms with Crippen molar-refractivity contribution in [2.24, 2.45) is 0 Å². The van der Waals surface area contributed by atoms with Gasteiger partial charge < -0.3 is 29.9 Å². The summed E-state index contributed by atoms with van der Waals surface area (Å²) >= 11 is 0. The van der Waals surface area contributed by atoms with Crippen LogP contribution < -0.4 is 0 Å². The van der Waals surface area contributed by atoms with E-state index in [9.17, 15) is 20.1 Å². The quantitative estimate of drug-likeness (QED) is 0.397. The fourth-order valence-corrected chi connectivity index (χ4v) is 1.25. The maximum Gasteiger partial charge on any atom is 0.335 e. The van der Waals surface area contributed by atoms with Gasteiger partial charge in [-0.25, -0.2) is 4.79 Å². The van der Waals surface area contributed by atoms with Gasteiger partial charge in [-0.2, -0.15) is 0 Å². The maximum absolute atomic E-state index is 10.5. The minimum atomic E-state index is -1.67. The number of carboxylic acid groups (broad SMARTS) is 1. The molecular weight excluding hydrogens is 196 g/mol. The van der Waals surface area contributed by atoms with Crippen LogP contribution in [0.15, 0.2) is 0 Å². The predicted molar refractivity (Wildman–Crippen MR) is 41.3 cm³/mol. The second kappa shape index (κ2) is 4.20. The average molecular weight is 208 g/mol. The third-order valence-corrected chi connectivity index (χ3v) is 2.05. The van der Waals surface area contributed by atoms with Crippen LogP contribution in [0.2, 0.25) is 0 Å². The van der Waals surface area contributed by atoms with Crippen molar-refractivity contribution in [3.63, 3.8) is 0 Å². The van der Waals surface area contributed by atoms with Crippen molar-refractivity contribution >= 4 is 5.97 Å². The van der Waals surface area contributed by atoms with Crippen LogP contribution in [0, 0.1) is 0 Å². The van der Waals surface area contributed by atoms with E-state index < -0.39 is 36.7 Å². The third kappa shape index (κ3) is 1.86. The van der Waals surface area contributed by atoms with Gasteiger partial charge in [-0.05, 0) is 0 Å². The Morgan fingerprint density at radius 3 is 2.21 bits per heavy atom. The van der Waals surface area contributed by atoms with Gasteiger partial charge in [0.15, 0.2) is 12.4 Å². The molecule has 0 spiro atoms. The Balaban J connectivity index is 2.78. The fourth-order valence-electron chi connectivity index (χ4n) is 1.25. The van der Waals surface area contributed by atoms with Crippen molar-refractivity contribution in [3.05, 3.63) is 0 Å². The molecule has 7 heteroatoms. The molecule has 4 N–H and O–H groups in total. The first kappa shape index (κ1) is 11.3. The Morgan fingerprint density at radius 1 is 1.21 bits per heavy atom. The Bertz CT molecular complexity index is 216. The van der Waals surface area contributed by atoms with Gasteiger partial charge in [0, 0.05) is 7.11 Å². The summed E-state index contributed by atoms with van der Waals surface area (Å²) in [7, 11) is 1.19. The summed E-state index contributed by atoms with van der Waals surface area (Å²) in [4.78, 5) is 10.5. The number of methoxy groups -OCH3 is 1. The lowest BCUT2D eigenvalue weighted by atomic mass is 9.99. The topological polar surface area (TPSA) is 116 Å². The summed E-state index contributed by atoms with van der Waals surface area (Å²) in [5.41, 5.74) is 0. The first-order valence-electron chi connectivity index (χ1n) is 3.94. The summed E-state index contributed by atoms with van der Waals surface area (Å²) in [6, 6.07) is 0. The van der Waals surface area contributed by atoms with Gasteiger partial charge in [0.05, 0.1) is 0 Å². The predicted octanol–water partition coefficient (Wildman–Crippen LogP) is -2.47. The molecule has 1 heterocycles. The van der Waals surface area contributed by atoms with E-state index in [1.165, 1.54) is 7.11 Å². The molecule has 1 saturated heterocycles. The first-order chi connectivity index (χ1) is 6.49. The molecule has 0 aromatic carbocycles. The molecule has 1 fully saturated rings. The van der Waals surface area contributed by atoms with E-state index in [4.69, 9.17) is 9.84 Å². The van der Waals surface area contributed by atoms with Gasteiger partial charge in [0.25, 0.3) is 0 Å². The number of rotatable bonds is 2. The van der Waals surface area contributed by atoms with Crippen molar-refractivity contribution in [2.45, 2.75) is 30.7 Å². The number of aliphatic hydroxyl groups excluding tert-OH is 3. The number of ether oxygens (including phenoxy) is 2. The molecular formula is C7H12O7. The van der Waals surface area contributed by atoms with E-state index in [1.54, 1.807) is 0 Å². The zero-order chi connectivity index (χ0) is 10.9. The van der Waals surface area contributed by atoms with Crippen LogP contribution in [0.1, 0.15) is 0 Å². The lowest BCUT2D eigenvalue weighted by Crippen LogP contribution is -2.60. The Morgan fingerprint density at radius 2 is 1.79 bits per heavy atom. The van der Waals surface area contributed by atoms with Crippen LogP contribution in [-0.4, -0.2) is 64.2 Å². The summed E-state index contributed by atoms with van der Waals surface area (Å²) in [6.45, 7) is 0. The lowest BCUT2D eigenvalue weighted by molar-refractivity contribution is -0.287. The molecule has 1 rings (SSSR count). The molecule has 82 valence electrons. The summed E-state index contributed by atoms with van der Waals surface area (Å²) in [5.74, 6) is -1.43. The van der Waals surface area contributed by atoms with Crippen LogP contribution >= 0.6 is 0 Å². The van der Waals surface area contributed by atoms with Crippen molar-refractivity contribution in [2.75, 3.05) is 7.11 Å². The molecule has 0 amide bonds. The van der Waals surface area contributed by atoms with Crippen LogP contribution in [0.5, 0.6) is 0 Å². The van der Waals surface area contributed by atoms with Crippen LogP contribution in [0.3, 0.4) is 0 Å². The molecule has 0 aliphatic carbocycles. The smallest absolute Gasteiger partial charge is 0.335 e. The highest BCUT2D eigenvalue weighted by Gasteiger charge is 2.46. The molecule has 1 aliphatic heterocycles. The van der Waals surface area contributed by atoms with Gasteiger partial charge in [-0.15, -0.1) is 0 Å². The number of carbonyl (C=O) groups is 1. The normalized spacial score (nSPS) is 43.6. The van der Waals surface area contributed by atoms with E-state index in [0.717, 1.165) is 0 Å². The van der Waals surface area contributed by atoms with E-state index >= 15 is 0 Å².